The normalized spacial score (nSPS) is 21.5. The number of amides is 1. The number of fused-ring (bicyclic) bond motifs is 1. The van der Waals surface area contributed by atoms with Gasteiger partial charge in [0.15, 0.2) is 0 Å². The third-order valence-electron chi connectivity index (χ3n) is 3.99. The Bertz CT molecular complexity index is 464. The topological polar surface area (TPSA) is 67.1 Å². The number of nitrogens with one attached hydrogen (secondary N) is 2. The fourth-order valence-electron chi connectivity index (χ4n) is 2.92. The van der Waals surface area contributed by atoms with Crippen LogP contribution in [0.4, 0.5) is 17.1 Å². The minimum absolute atomic E-state index is 0.145. The molecule has 2 aliphatic rings. The molecule has 4 heteroatoms. The molecule has 0 saturated heterocycles. The summed E-state index contributed by atoms with van der Waals surface area (Å²) < 4.78 is 0. The minimum Gasteiger partial charge on any atom is -0.397 e. The summed E-state index contributed by atoms with van der Waals surface area (Å²) in [6.45, 7) is 0.694. The number of benzene rings is 1. The lowest BCUT2D eigenvalue weighted by molar-refractivity contribution is -0.124. The molecular formula is C13H17N3O. The maximum atomic E-state index is 12.3. The van der Waals surface area contributed by atoms with Crippen molar-refractivity contribution in [3.8, 4) is 0 Å². The molecule has 1 aromatic rings. The molecule has 3 rings (SSSR count). The van der Waals surface area contributed by atoms with E-state index in [9.17, 15) is 4.79 Å². The van der Waals surface area contributed by atoms with Crippen molar-refractivity contribution >= 4 is 23.0 Å². The Hall–Kier alpha value is -1.71. The van der Waals surface area contributed by atoms with Crippen LogP contribution in [0.15, 0.2) is 18.2 Å². The Morgan fingerprint density at radius 1 is 1.24 bits per heavy atom. The fraction of sp³-hybridized carbons (Fsp3) is 0.462. The summed E-state index contributed by atoms with van der Waals surface area (Å²) in [5, 5.41) is 6.36. The van der Waals surface area contributed by atoms with Crippen LogP contribution in [-0.4, -0.2) is 12.5 Å². The van der Waals surface area contributed by atoms with Gasteiger partial charge in [-0.05, 0) is 25.0 Å². The van der Waals surface area contributed by atoms with Crippen LogP contribution < -0.4 is 16.4 Å². The van der Waals surface area contributed by atoms with E-state index in [4.69, 9.17) is 5.73 Å². The van der Waals surface area contributed by atoms with Crippen LogP contribution in [0.1, 0.15) is 25.7 Å². The van der Waals surface area contributed by atoms with Gasteiger partial charge in [-0.25, -0.2) is 0 Å². The SMILES string of the molecule is Nc1cccc2c1NCC1(CCCC1)C(=O)N2. The van der Waals surface area contributed by atoms with Gasteiger partial charge < -0.3 is 16.4 Å². The van der Waals surface area contributed by atoms with Gasteiger partial charge in [0.2, 0.25) is 5.91 Å². The van der Waals surface area contributed by atoms with Crippen molar-refractivity contribution in [1.29, 1.82) is 0 Å². The fourth-order valence-corrected chi connectivity index (χ4v) is 2.92. The number of rotatable bonds is 0. The van der Waals surface area contributed by atoms with Crippen LogP contribution in [0.3, 0.4) is 0 Å². The van der Waals surface area contributed by atoms with Gasteiger partial charge in [-0.15, -0.1) is 0 Å². The zero-order valence-electron chi connectivity index (χ0n) is 9.75. The molecule has 1 saturated carbocycles. The summed E-state index contributed by atoms with van der Waals surface area (Å²) in [6.07, 6.45) is 4.22. The van der Waals surface area contributed by atoms with Crippen LogP contribution in [-0.2, 0) is 4.79 Å². The number of carbonyl (C=O) groups is 1. The summed E-state index contributed by atoms with van der Waals surface area (Å²) in [7, 11) is 0. The largest absolute Gasteiger partial charge is 0.397 e. The predicted molar refractivity (Wildman–Crippen MR) is 68.9 cm³/mol. The standard InChI is InChI=1S/C13H17N3O/c14-9-4-3-5-10-11(9)15-8-13(12(17)16-10)6-1-2-7-13/h3-5,15H,1-2,6-8,14H2,(H,16,17). The van der Waals surface area contributed by atoms with E-state index in [0.717, 1.165) is 37.1 Å². The highest BCUT2D eigenvalue weighted by Crippen LogP contribution is 2.43. The lowest BCUT2D eigenvalue weighted by atomic mass is 9.85. The lowest BCUT2D eigenvalue weighted by Crippen LogP contribution is -2.37. The zero-order chi connectivity index (χ0) is 11.9. The third kappa shape index (κ3) is 1.55. The molecular weight excluding hydrogens is 214 g/mol. The highest BCUT2D eigenvalue weighted by molar-refractivity contribution is 6.02. The average Bonchev–Trinajstić information content (AvgIpc) is 2.72. The quantitative estimate of drug-likeness (QED) is 0.600. The number of carbonyl (C=O) groups excluding carboxylic acids is 1. The molecule has 1 aliphatic heterocycles. The van der Waals surface area contributed by atoms with Crippen molar-refractivity contribution in [3.05, 3.63) is 18.2 Å². The predicted octanol–water partition coefficient (Wildman–Crippen LogP) is 2.19. The van der Waals surface area contributed by atoms with Crippen molar-refractivity contribution in [2.24, 2.45) is 5.41 Å². The molecule has 4 N–H and O–H groups in total. The van der Waals surface area contributed by atoms with Gasteiger partial charge in [0, 0.05) is 6.54 Å². The monoisotopic (exact) mass is 231 g/mol. The van der Waals surface area contributed by atoms with Crippen molar-refractivity contribution in [2.75, 3.05) is 22.9 Å². The van der Waals surface area contributed by atoms with Gasteiger partial charge in [-0.2, -0.15) is 0 Å². The number of anilines is 3. The molecule has 1 spiro atoms. The van der Waals surface area contributed by atoms with Crippen molar-refractivity contribution in [2.45, 2.75) is 25.7 Å². The van der Waals surface area contributed by atoms with E-state index >= 15 is 0 Å². The second-order valence-corrected chi connectivity index (χ2v) is 5.06. The highest BCUT2D eigenvalue weighted by Gasteiger charge is 2.42. The summed E-state index contributed by atoms with van der Waals surface area (Å²) in [5.41, 5.74) is 8.06. The molecule has 90 valence electrons. The Balaban J connectivity index is 1.99. The first-order valence-electron chi connectivity index (χ1n) is 6.15. The van der Waals surface area contributed by atoms with E-state index in [2.05, 4.69) is 10.6 Å². The van der Waals surface area contributed by atoms with E-state index in [1.165, 1.54) is 0 Å². The van der Waals surface area contributed by atoms with Crippen molar-refractivity contribution in [1.82, 2.24) is 0 Å². The smallest absolute Gasteiger partial charge is 0.232 e. The van der Waals surface area contributed by atoms with E-state index in [1.807, 2.05) is 18.2 Å². The second-order valence-electron chi connectivity index (χ2n) is 5.06. The first-order chi connectivity index (χ1) is 8.21. The maximum Gasteiger partial charge on any atom is 0.232 e. The van der Waals surface area contributed by atoms with Crippen molar-refractivity contribution in [3.63, 3.8) is 0 Å². The molecule has 1 fully saturated rings. The molecule has 0 bridgehead atoms. The first kappa shape index (κ1) is 10.4. The average molecular weight is 231 g/mol. The zero-order valence-corrected chi connectivity index (χ0v) is 9.75. The van der Waals surface area contributed by atoms with Crippen molar-refractivity contribution < 1.29 is 4.79 Å². The number of nitrogens with two attached hydrogens (primary N) is 1. The number of hydrogen-bond donors (Lipinski definition) is 3. The highest BCUT2D eigenvalue weighted by atomic mass is 16.2. The molecule has 0 unspecified atom stereocenters. The minimum atomic E-state index is -0.231. The lowest BCUT2D eigenvalue weighted by Gasteiger charge is -2.24. The van der Waals surface area contributed by atoms with Gasteiger partial charge >= 0.3 is 0 Å². The van der Waals surface area contributed by atoms with Gasteiger partial charge in [0.05, 0.1) is 22.5 Å². The summed E-state index contributed by atoms with van der Waals surface area (Å²) in [5.74, 6) is 0.145. The number of nitrogen functional groups attached to an aromatic ring is 1. The maximum absolute atomic E-state index is 12.3. The Kier molecular flexibility index (Phi) is 2.24. The molecule has 1 aliphatic carbocycles. The molecule has 0 aromatic heterocycles. The van der Waals surface area contributed by atoms with Crippen LogP contribution in [0, 0.1) is 5.41 Å². The number of para-hydroxylation sites is 1. The van der Waals surface area contributed by atoms with Gasteiger partial charge in [0.1, 0.15) is 0 Å². The molecule has 4 nitrogen and oxygen atoms in total. The van der Waals surface area contributed by atoms with Gasteiger partial charge in [-0.1, -0.05) is 18.9 Å². The van der Waals surface area contributed by atoms with E-state index in [0.29, 0.717) is 12.2 Å². The van der Waals surface area contributed by atoms with Gasteiger partial charge in [0.25, 0.3) is 0 Å². The Labute approximate surface area is 101 Å². The molecule has 1 amide bonds. The molecule has 0 radical (unpaired) electrons. The Morgan fingerprint density at radius 3 is 2.76 bits per heavy atom. The van der Waals surface area contributed by atoms with Crippen LogP contribution in [0.2, 0.25) is 0 Å². The molecule has 1 aromatic carbocycles. The summed E-state index contributed by atoms with van der Waals surface area (Å²) in [6, 6.07) is 5.61. The van der Waals surface area contributed by atoms with Crippen LogP contribution in [0.5, 0.6) is 0 Å². The molecule has 17 heavy (non-hydrogen) atoms. The third-order valence-corrected chi connectivity index (χ3v) is 3.99. The van der Waals surface area contributed by atoms with Gasteiger partial charge in [-0.3, -0.25) is 4.79 Å². The first-order valence-corrected chi connectivity index (χ1v) is 6.15. The second kappa shape index (κ2) is 3.65. The Morgan fingerprint density at radius 2 is 2.00 bits per heavy atom. The van der Waals surface area contributed by atoms with E-state index < -0.39 is 0 Å². The summed E-state index contributed by atoms with van der Waals surface area (Å²) >= 11 is 0. The summed E-state index contributed by atoms with van der Waals surface area (Å²) in [4.78, 5) is 12.3. The van der Waals surface area contributed by atoms with Crippen LogP contribution >= 0.6 is 0 Å². The number of hydrogen-bond acceptors (Lipinski definition) is 3. The van der Waals surface area contributed by atoms with E-state index in [1.54, 1.807) is 0 Å². The van der Waals surface area contributed by atoms with E-state index in [-0.39, 0.29) is 11.3 Å². The molecule has 0 atom stereocenters. The molecule has 1 heterocycles. The van der Waals surface area contributed by atoms with Crippen LogP contribution in [0.25, 0.3) is 0 Å².